The van der Waals surface area contributed by atoms with Gasteiger partial charge in [-0.2, -0.15) is 0 Å². The first kappa shape index (κ1) is 17.7. The summed E-state index contributed by atoms with van der Waals surface area (Å²) in [5, 5.41) is 11.1. The second-order valence-corrected chi connectivity index (χ2v) is 8.07. The van der Waals surface area contributed by atoms with Gasteiger partial charge in [-0.25, -0.2) is 8.42 Å². The van der Waals surface area contributed by atoms with Crippen LogP contribution in [0.3, 0.4) is 0 Å². The molecule has 1 aromatic rings. The van der Waals surface area contributed by atoms with Crippen molar-refractivity contribution in [2.75, 3.05) is 29.9 Å². The highest BCUT2D eigenvalue weighted by Gasteiger charge is 2.28. The van der Waals surface area contributed by atoms with Crippen LogP contribution in [0.15, 0.2) is 12.1 Å². The highest BCUT2D eigenvalue weighted by molar-refractivity contribution is 7.91. The number of carbonyl (C=O) groups excluding carboxylic acids is 1. The van der Waals surface area contributed by atoms with Crippen LogP contribution in [0.1, 0.15) is 43.6 Å². The van der Waals surface area contributed by atoms with Crippen molar-refractivity contribution < 1.29 is 13.2 Å². The van der Waals surface area contributed by atoms with Crippen LogP contribution in [0, 0.1) is 0 Å². The quantitative estimate of drug-likeness (QED) is 0.805. The van der Waals surface area contributed by atoms with Gasteiger partial charge in [-0.05, 0) is 31.4 Å². The van der Waals surface area contributed by atoms with E-state index in [0.29, 0.717) is 31.0 Å². The number of nitrogens with one attached hydrogen (secondary N) is 1. The van der Waals surface area contributed by atoms with Crippen molar-refractivity contribution in [3.05, 3.63) is 17.8 Å². The van der Waals surface area contributed by atoms with Crippen molar-refractivity contribution in [3.8, 4) is 0 Å². The summed E-state index contributed by atoms with van der Waals surface area (Å²) in [6.45, 7) is 5.47. The molecule has 128 valence electrons. The zero-order valence-corrected chi connectivity index (χ0v) is 14.5. The standard InChI is InChI=1S/C15H24N4O3S/c1-3-8-19(9-4-2)15(20)13-5-6-14(18-17-13)16-12-7-10-23(21,22)11-12/h5-6,12H,3-4,7-11H2,1-2H3,(H,16,18). The van der Waals surface area contributed by atoms with E-state index in [4.69, 9.17) is 0 Å². The first-order chi connectivity index (χ1) is 10.9. The van der Waals surface area contributed by atoms with Crippen LogP contribution in [0.25, 0.3) is 0 Å². The summed E-state index contributed by atoms with van der Waals surface area (Å²) in [7, 11) is -2.93. The number of aromatic nitrogens is 2. The third kappa shape index (κ3) is 4.89. The fourth-order valence-electron chi connectivity index (χ4n) is 2.66. The Labute approximate surface area is 137 Å². The molecule has 0 spiro atoms. The fraction of sp³-hybridized carbons (Fsp3) is 0.667. The number of carbonyl (C=O) groups is 1. The normalized spacial score (nSPS) is 19.5. The van der Waals surface area contributed by atoms with Crippen LogP contribution < -0.4 is 5.32 Å². The molecule has 0 saturated carbocycles. The van der Waals surface area contributed by atoms with Crippen LogP contribution in [-0.4, -0.2) is 60.1 Å². The van der Waals surface area contributed by atoms with E-state index in [2.05, 4.69) is 15.5 Å². The summed E-state index contributed by atoms with van der Waals surface area (Å²) in [5.41, 5.74) is 0.316. The van der Waals surface area contributed by atoms with Crippen molar-refractivity contribution in [1.29, 1.82) is 0 Å². The van der Waals surface area contributed by atoms with E-state index < -0.39 is 9.84 Å². The molecule has 1 saturated heterocycles. The van der Waals surface area contributed by atoms with Gasteiger partial charge in [-0.15, -0.1) is 10.2 Å². The van der Waals surface area contributed by atoms with E-state index in [1.54, 1.807) is 17.0 Å². The molecule has 2 rings (SSSR count). The molecule has 23 heavy (non-hydrogen) atoms. The minimum absolute atomic E-state index is 0.115. The van der Waals surface area contributed by atoms with E-state index in [1.165, 1.54) is 0 Å². The van der Waals surface area contributed by atoms with Gasteiger partial charge in [0.25, 0.3) is 5.91 Å². The maximum Gasteiger partial charge on any atom is 0.274 e. The number of amides is 1. The lowest BCUT2D eigenvalue weighted by atomic mass is 10.2. The molecule has 1 atom stereocenters. The lowest BCUT2D eigenvalue weighted by molar-refractivity contribution is 0.0748. The molecule has 0 aromatic carbocycles. The maximum absolute atomic E-state index is 12.4. The summed E-state index contributed by atoms with van der Waals surface area (Å²) < 4.78 is 22.9. The average molecular weight is 340 g/mol. The lowest BCUT2D eigenvalue weighted by Crippen LogP contribution is -2.33. The second kappa shape index (κ2) is 7.72. The molecule has 0 aliphatic carbocycles. The molecular weight excluding hydrogens is 316 g/mol. The minimum atomic E-state index is -2.93. The number of rotatable bonds is 7. The first-order valence-electron chi connectivity index (χ1n) is 8.05. The Morgan fingerprint density at radius 3 is 2.43 bits per heavy atom. The maximum atomic E-state index is 12.4. The van der Waals surface area contributed by atoms with Crippen LogP contribution in [0.4, 0.5) is 5.82 Å². The van der Waals surface area contributed by atoms with Gasteiger partial charge in [0.1, 0.15) is 5.82 Å². The number of sulfone groups is 1. The summed E-state index contributed by atoms with van der Waals surface area (Å²) >= 11 is 0. The molecule has 8 heteroatoms. The molecule has 0 radical (unpaired) electrons. The Hall–Kier alpha value is -1.70. The van der Waals surface area contributed by atoms with Crippen LogP contribution >= 0.6 is 0 Å². The fourth-order valence-corrected chi connectivity index (χ4v) is 4.33. The van der Waals surface area contributed by atoms with E-state index >= 15 is 0 Å². The Kier molecular flexibility index (Phi) is 5.92. The van der Waals surface area contributed by atoms with Gasteiger partial charge in [0, 0.05) is 19.1 Å². The van der Waals surface area contributed by atoms with Gasteiger partial charge >= 0.3 is 0 Å². The third-order valence-corrected chi connectivity index (χ3v) is 5.51. The van der Waals surface area contributed by atoms with Crippen LogP contribution in [0.5, 0.6) is 0 Å². The SMILES string of the molecule is CCCN(CCC)C(=O)c1ccc(NC2CCS(=O)(=O)C2)nn1. The Morgan fingerprint density at radius 2 is 1.96 bits per heavy atom. The van der Waals surface area contributed by atoms with Crippen LogP contribution in [0.2, 0.25) is 0 Å². The Balaban J connectivity index is 1.99. The average Bonchev–Trinajstić information content (AvgIpc) is 2.86. The van der Waals surface area contributed by atoms with Gasteiger partial charge in [0.15, 0.2) is 15.5 Å². The Bertz CT molecular complexity index is 625. The molecule has 1 aliphatic rings. The predicted octanol–water partition coefficient (Wildman–Crippen LogP) is 1.34. The molecule has 2 heterocycles. The van der Waals surface area contributed by atoms with Gasteiger partial charge in [-0.3, -0.25) is 4.79 Å². The Morgan fingerprint density at radius 1 is 1.26 bits per heavy atom. The van der Waals surface area contributed by atoms with Crippen molar-refractivity contribution in [2.24, 2.45) is 0 Å². The van der Waals surface area contributed by atoms with Crippen molar-refractivity contribution in [3.63, 3.8) is 0 Å². The van der Waals surface area contributed by atoms with Gasteiger partial charge in [0.2, 0.25) is 0 Å². The van der Waals surface area contributed by atoms with E-state index in [0.717, 1.165) is 12.8 Å². The van der Waals surface area contributed by atoms with Crippen molar-refractivity contribution in [1.82, 2.24) is 15.1 Å². The van der Waals surface area contributed by atoms with Gasteiger partial charge < -0.3 is 10.2 Å². The van der Waals surface area contributed by atoms with Crippen molar-refractivity contribution in [2.45, 2.75) is 39.2 Å². The van der Waals surface area contributed by atoms with Gasteiger partial charge in [0.05, 0.1) is 11.5 Å². The van der Waals surface area contributed by atoms with E-state index in [-0.39, 0.29) is 23.5 Å². The summed E-state index contributed by atoms with van der Waals surface area (Å²) in [5.74, 6) is 0.714. The second-order valence-electron chi connectivity index (χ2n) is 5.84. The molecule has 1 N–H and O–H groups in total. The van der Waals surface area contributed by atoms with Crippen LogP contribution in [-0.2, 0) is 9.84 Å². The third-order valence-electron chi connectivity index (χ3n) is 3.74. The molecule has 1 amide bonds. The molecule has 0 bridgehead atoms. The summed E-state index contributed by atoms with van der Waals surface area (Å²) in [6, 6.07) is 3.19. The van der Waals surface area contributed by atoms with E-state index in [1.807, 2.05) is 13.8 Å². The highest BCUT2D eigenvalue weighted by Crippen LogP contribution is 2.16. The monoisotopic (exact) mass is 340 g/mol. The number of hydrogen-bond donors (Lipinski definition) is 1. The summed E-state index contributed by atoms with van der Waals surface area (Å²) in [6.07, 6.45) is 2.37. The van der Waals surface area contributed by atoms with Gasteiger partial charge in [-0.1, -0.05) is 13.8 Å². The smallest absolute Gasteiger partial charge is 0.274 e. The number of nitrogens with zero attached hydrogens (tertiary/aromatic N) is 3. The minimum Gasteiger partial charge on any atom is -0.365 e. The molecule has 1 fully saturated rings. The van der Waals surface area contributed by atoms with Crippen molar-refractivity contribution >= 4 is 21.6 Å². The highest BCUT2D eigenvalue weighted by atomic mass is 32.2. The molecule has 7 nitrogen and oxygen atoms in total. The zero-order valence-electron chi connectivity index (χ0n) is 13.7. The molecule has 1 aromatic heterocycles. The lowest BCUT2D eigenvalue weighted by Gasteiger charge is -2.20. The topological polar surface area (TPSA) is 92.3 Å². The molecule has 1 unspecified atom stereocenters. The predicted molar refractivity (Wildman–Crippen MR) is 89.2 cm³/mol. The largest absolute Gasteiger partial charge is 0.365 e. The first-order valence-corrected chi connectivity index (χ1v) is 9.87. The molecule has 1 aliphatic heterocycles. The number of anilines is 1. The summed E-state index contributed by atoms with van der Waals surface area (Å²) in [4.78, 5) is 14.2. The van der Waals surface area contributed by atoms with E-state index in [9.17, 15) is 13.2 Å². The molecular formula is C15H24N4O3S. The zero-order chi connectivity index (χ0) is 16.9. The number of hydrogen-bond acceptors (Lipinski definition) is 6.